The predicted molar refractivity (Wildman–Crippen MR) is 85.8 cm³/mol. The SMILES string of the molecule is CC(C)c1cccc(C(C)C)c1NC(=O)c1cncn1C. The summed E-state index contributed by atoms with van der Waals surface area (Å²) in [6.07, 6.45) is 3.22. The maximum Gasteiger partial charge on any atom is 0.273 e. The van der Waals surface area contributed by atoms with Gasteiger partial charge >= 0.3 is 0 Å². The minimum Gasteiger partial charge on any atom is -0.330 e. The third-order valence-electron chi connectivity index (χ3n) is 3.66. The largest absolute Gasteiger partial charge is 0.330 e. The number of rotatable bonds is 4. The second kappa shape index (κ2) is 6.12. The van der Waals surface area contributed by atoms with Crippen LogP contribution in [-0.2, 0) is 7.05 Å². The Morgan fingerprint density at radius 1 is 1.14 bits per heavy atom. The Hall–Kier alpha value is -2.10. The molecule has 2 rings (SSSR count). The highest BCUT2D eigenvalue weighted by Crippen LogP contribution is 2.32. The lowest BCUT2D eigenvalue weighted by Gasteiger charge is -2.20. The molecule has 4 heteroatoms. The molecule has 1 aromatic heterocycles. The van der Waals surface area contributed by atoms with Crippen LogP contribution in [0.2, 0.25) is 0 Å². The molecule has 2 aromatic rings. The summed E-state index contributed by atoms with van der Waals surface area (Å²) in [6.45, 7) is 8.55. The second-order valence-corrected chi connectivity index (χ2v) is 5.96. The number of nitrogens with zero attached hydrogens (tertiary/aromatic N) is 2. The number of imidazole rings is 1. The predicted octanol–water partition coefficient (Wildman–Crippen LogP) is 3.92. The third-order valence-corrected chi connectivity index (χ3v) is 3.66. The van der Waals surface area contributed by atoms with E-state index < -0.39 is 0 Å². The van der Waals surface area contributed by atoms with E-state index in [0.29, 0.717) is 17.5 Å². The Morgan fingerprint density at radius 2 is 1.71 bits per heavy atom. The summed E-state index contributed by atoms with van der Waals surface area (Å²) in [6, 6.07) is 6.22. The molecule has 1 aromatic carbocycles. The minimum absolute atomic E-state index is 0.120. The molecule has 0 saturated carbocycles. The van der Waals surface area contributed by atoms with Gasteiger partial charge in [-0.3, -0.25) is 4.79 Å². The number of benzene rings is 1. The van der Waals surface area contributed by atoms with Gasteiger partial charge in [0.1, 0.15) is 5.69 Å². The fourth-order valence-corrected chi connectivity index (χ4v) is 2.45. The summed E-state index contributed by atoms with van der Waals surface area (Å²) in [7, 11) is 1.82. The molecule has 1 amide bonds. The van der Waals surface area contributed by atoms with E-state index in [0.717, 1.165) is 16.8 Å². The van der Waals surface area contributed by atoms with Gasteiger partial charge in [-0.1, -0.05) is 45.9 Å². The number of aryl methyl sites for hydroxylation is 1. The first-order chi connectivity index (χ1) is 9.91. The molecule has 0 bridgehead atoms. The lowest BCUT2D eigenvalue weighted by atomic mass is 9.92. The Kier molecular flexibility index (Phi) is 4.46. The number of nitrogens with one attached hydrogen (secondary N) is 1. The van der Waals surface area contributed by atoms with E-state index in [-0.39, 0.29) is 5.91 Å². The van der Waals surface area contributed by atoms with Gasteiger partial charge in [-0.15, -0.1) is 0 Å². The van der Waals surface area contributed by atoms with E-state index in [2.05, 4.69) is 56.2 Å². The Bertz CT molecular complexity index is 615. The van der Waals surface area contributed by atoms with Crippen molar-refractivity contribution in [2.75, 3.05) is 5.32 Å². The van der Waals surface area contributed by atoms with Gasteiger partial charge in [0.15, 0.2) is 0 Å². The normalized spacial score (nSPS) is 11.2. The van der Waals surface area contributed by atoms with E-state index in [9.17, 15) is 4.79 Å². The van der Waals surface area contributed by atoms with Crippen LogP contribution in [0.5, 0.6) is 0 Å². The van der Waals surface area contributed by atoms with E-state index in [1.807, 2.05) is 7.05 Å². The van der Waals surface area contributed by atoms with E-state index >= 15 is 0 Å². The highest BCUT2D eigenvalue weighted by atomic mass is 16.2. The highest BCUT2D eigenvalue weighted by Gasteiger charge is 2.18. The van der Waals surface area contributed by atoms with Gasteiger partial charge in [0.05, 0.1) is 12.5 Å². The molecule has 0 atom stereocenters. The van der Waals surface area contributed by atoms with Crippen molar-refractivity contribution in [3.8, 4) is 0 Å². The fourth-order valence-electron chi connectivity index (χ4n) is 2.45. The zero-order valence-electron chi connectivity index (χ0n) is 13.3. The topological polar surface area (TPSA) is 46.9 Å². The number of hydrogen-bond acceptors (Lipinski definition) is 2. The number of anilines is 1. The molecule has 4 nitrogen and oxygen atoms in total. The van der Waals surface area contributed by atoms with Crippen LogP contribution in [0.4, 0.5) is 5.69 Å². The third kappa shape index (κ3) is 3.15. The fraction of sp³-hybridized carbons (Fsp3) is 0.412. The molecule has 0 fully saturated rings. The molecular formula is C17H23N3O. The first-order valence-electron chi connectivity index (χ1n) is 7.32. The number of carbonyl (C=O) groups is 1. The second-order valence-electron chi connectivity index (χ2n) is 5.96. The van der Waals surface area contributed by atoms with Crippen molar-refractivity contribution in [1.29, 1.82) is 0 Å². The van der Waals surface area contributed by atoms with Crippen LogP contribution < -0.4 is 5.32 Å². The Morgan fingerprint density at radius 3 is 2.14 bits per heavy atom. The molecule has 112 valence electrons. The van der Waals surface area contributed by atoms with E-state index in [1.165, 1.54) is 0 Å². The molecule has 0 unspecified atom stereocenters. The van der Waals surface area contributed by atoms with Crippen molar-refractivity contribution >= 4 is 11.6 Å². The number of aromatic nitrogens is 2. The average molecular weight is 285 g/mol. The van der Waals surface area contributed by atoms with Crippen LogP contribution in [0, 0.1) is 0 Å². The van der Waals surface area contributed by atoms with Gasteiger partial charge in [0.25, 0.3) is 5.91 Å². The highest BCUT2D eigenvalue weighted by molar-refractivity contribution is 6.04. The molecule has 0 radical (unpaired) electrons. The van der Waals surface area contributed by atoms with Crippen molar-refractivity contribution in [3.63, 3.8) is 0 Å². The zero-order chi connectivity index (χ0) is 15.6. The number of hydrogen-bond donors (Lipinski definition) is 1. The van der Waals surface area contributed by atoms with Gasteiger partial charge in [-0.2, -0.15) is 0 Å². The van der Waals surface area contributed by atoms with Crippen molar-refractivity contribution in [1.82, 2.24) is 9.55 Å². The van der Waals surface area contributed by atoms with Crippen LogP contribution in [0.1, 0.15) is 61.1 Å². The van der Waals surface area contributed by atoms with Crippen LogP contribution in [0.3, 0.4) is 0 Å². The standard InChI is InChI=1S/C17H23N3O/c1-11(2)13-7-6-8-14(12(3)4)16(13)19-17(21)15-9-18-10-20(15)5/h6-12H,1-5H3,(H,19,21). The molecular weight excluding hydrogens is 262 g/mol. The van der Waals surface area contributed by atoms with E-state index in [1.54, 1.807) is 17.1 Å². The van der Waals surface area contributed by atoms with E-state index in [4.69, 9.17) is 0 Å². The Labute approximate surface area is 126 Å². The van der Waals surface area contributed by atoms with Crippen molar-refractivity contribution in [2.24, 2.45) is 7.05 Å². The van der Waals surface area contributed by atoms with Crippen LogP contribution in [0.15, 0.2) is 30.7 Å². The molecule has 21 heavy (non-hydrogen) atoms. The smallest absolute Gasteiger partial charge is 0.273 e. The molecule has 0 aliphatic rings. The first kappa shape index (κ1) is 15.3. The lowest BCUT2D eigenvalue weighted by molar-refractivity contribution is 0.101. The van der Waals surface area contributed by atoms with Crippen LogP contribution in [-0.4, -0.2) is 15.5 Å². The summed E-state index contributed by atoms with van der Waals surface area (Å²) < 4.78 is 1.72. The number of para-hydroxylation sites is 1. The quantitative estimate of drug-likeness (QED) is 0.925. The maximum atomic E-state index is 12.5. The summed E-state index contributed by atoms with van der Waals surface area (Å²) in [4.78, 5) is 16.5. The Balaban J connectivity index is 2.42. The van der Waals surface area contributed by atoms with Crippen molar-refractivity contribution in [3.05, 3.63) is 47.5 Å². The molecule has 1 heterocycles. The number of carbonyl (C=O) groups excluding carboxylic acids is 1. The maximum absolute atomic E-state index is 12.5. The van der Waals surface area contributed by atoms with Gasteiger partial charge < -0.3 is 9.88 Å². The summed E-state index contributed by atoms with van der Waals surface area (Å²) >= 11 is 0. The monoisotopic (exact) mass is 285 g/mol. The molecule has 0 aliphatic heterocycles. The van der Waals surface area contributed by atoms with Crippen LogP contribution in [0.25, 0.3) is 0 Å². The first-order valence-corrected chi connectivity index (χ1v) is 7.32. The lowest BCUT2D eigenvalue weighted by Crippen LogP contribution is -2.18. The van der Waals surface area contributed by atoms with Crippen molar-refractivity contribution in [2.45, 2.75) is 39.5 Å². The summed E-state index contributed by atoms with van der Waals surface area (Å²) in [5.74, 6) is 0.584. The van der Waals surface area contributed by atoms with Crippen LogP contribution >= 0.6 is 0 Å². The summed E-state index contributed by atoms with van der Waals surface area (Å²) in [5.41, 5.74) is 3.82. The average Bonchev–Trinajstić information content (AvgIpc) is 2.84. The molecule has 0 saturated heterocycles. The molecule has 1 N–H and O–H groups in total. The summed E-state index contributed by atoms with van der Waals surface area (Å²) in [5, 5.41) is 3.09. The molecule has 0 aliphatic carbocycles. The molecule has 0 spiro atoms. The van der Waals surface area contributed by atoms with Gasteiger partial charge in [-0.25, -0.2) is 4.98 Å². The van der Waals surface area contributed by atoms with Gasteiger partial charge in [-0.05, 0) is 23.0 Å². The van der Waals surface area contributed by atoms with Gasteiger partial charge in [0.2, 0.25) is 0 Å². The minimum atomic E-state index is -0.120. The van der Waals surface area contributed by atoms with Gasteiger partial charge in [0, 0.05) is 12.7 Å². The zero-order valence-corrected chi connectivity index (χ0v) is 13.3. The van der Waals surface area contributed by atoms with Crippen molar-refractivity contribution < 1.29 is 4.79 Å². The number of amides is 1.